The third-order valence-corrected chi connectivity index (χ3v) is 7.04. The average Bonchev–Trinajstić information content (AvgIpc) is 3.32. The number of hydrogen-bond donors (Lipinski definition) is 3. The molecule has 0 aliphatic carbocycles. The van der Waals surface area contributed by atoms with E-state index in [0.717, 1.165) is 39.0 Å². The Kier molecular flexibility index (Phi) is 4.95. The molecule has 0 spiro atoms. The van der Waals surface area contributed by atoms with Crippen LogP contribution in [-0.4, -0.2) is 25.5 Å². The summed E-state index contributed by atoms with van der Waals surface area (Å²) in [5.74, 6) is 0.728. The maximum atomic E-state index is 6.69. The number of halogens is 2. The van der Waals surface area contributed by atoms with Crippen LogP contribution in [0.15, 0.2) is 60.9 Å². The van der Waals surface area contributed by atoms with Gasteiger partial charge in [0.25, 0.3) is 0 Å². The molecule has 2 unspecified atom stereocenters. The Bertz CT molecular complexity index is 1290. The summed E-state index contributed by atoms with van der Waals surface area (Å²) in [6, 6.07) is 12.0. The van der Waals surface area contributed by atoms with E-state index in [1.807, 2.05) is 63.9 Å². The van der Waals surface area contributed by atoms with Crippen LogP contribution in [0.5, 0.6) is 0 Å². The molecule has 10 heteroatoms. The van der Waals surface area contributed by atoms with Crippen LogP contribution in [0.25, 0.3) is 27.5 Å². The number of benzene rings is 2. The van der Waals surface area contributed by atoms with Gasteiger partial charge in [-0.05, 0) is 58.5 Å². The Labute approximate surface area is 186 Å². The van der Waals surface area contributed by atoms with Gasteiger partial charge in [-0.3, -0.25) is 0 Å². The SMILES string of the molecule is NC1C=C(n2nc(Nc3ccc4c(cnn4PI)c3Cl)c3ccccc32)C=CN1. The Morgan fingerprint density at radius 1 is 1.17 bits per heavy atom. The standard InChI is InChI=1S/C19H16ClIN7P/c20-18-13-10-24-28(29-21)16(13)6-5-14(18)25-19-12-3-1-2-4-15(12)27(26-19)11-7-8-23-17(22)9-11/h1-10,17,23,29H,22H2,(H,25,26). The van der Waals surface area contributed by atoms with Crippen molar-refractivity contribution in [2.24, 2.45) is 5.73 Å². The van der Waals surface area contributed by atoms with E-state index in [-0.39, 0.29) is 6.17 Å². The molecule has 2 aromatic carbocycles. The van der Waals surface area contributed by atoms with Crippen molar-refractivity contribution in [2.45, 2.75) is 6.17 Å². The average molecular weight is 536 g/mol. The second-order valence-electron chi connectivity index (χ2n) is 6.52. The molecule has 1 aliphatic heterocycles. The predicted octanol–water partition coefficient (Wildman–Crippen LogP) is 4.82. The van der Waals surface area contributed by atoms with E-state index < -0.39 is 0 Å². The van der Waals surface area contributed by atoms with Crippen molar-refractivity contribution in [3.63, 3.8) is 0 Å². The molecule has 5 rings (SSSR count). The summed E-state index contributed by atoms with van der Waals surface area (Å²) >= 11 is 8.99. The number of allylic oxidation sites excluding steroid dienone is 2. The Balaban J connectivity index is 1.61. The van der Waals surface area contributed by atoms with E-state index in [9.17, 15) is 0 Å². The highest BCUT2D eigenvalue weighted by atomic mass is 127. The lowest BCUT2D eigenvalue weighted by atomic mass is 10.2. The topological polar surface area (TPSA) is 85.7 Å². The molecule has 0 saturated heterocycles. The molecule has 0 fully saturated rings. The number of dihydropyridines is 1. The smallest absolute Gasteiger partial charge is 0.160 e. The van der Waals surface area contributed by atoms with Crippen LogP contribution in [0.4, 0.5) is 11.5 Å². The summed E-state index contributed by atoms with van der Waals surface area (Å²) in [4.78, 5) is 0. The summed E-state index contributed by atoms with van der Waals surface area (Å²) in [5.41, 5.74) is 9.70. The molecular formula is C19H16ClIN7P. The molecule has 0 saturated carbocycles. The molecule has 146 valence electrons. The van der Waals surface area contributed by atoms with Crippen molar-refractivity contribution in [1.29, 1.82) is 0 Å². The van der Waals surface area contributed by atoms with E-state index in [2.05, 4.69) is 37.8 Å². The molecule has 1 aliphatic rings. The summed E-state index contributed by atoms with van der Waals surface area (Å²) in [7, 11) is 0. The minimum Gasteiger partial charge on any atom is -0.373 e. The van der Waals surface area contributed by atoms with E-state index in [1.54, 1.807) is 6.20 Å². The minimum atomic E-state index is -0.249. The Hall–Kier alpha value is -2.13. The van der Waals surface area contributed by atoms with E-state index in [1.165, 1.54) is 0 Å². The van der Waals surface area contributed by atoms with Crippen LogP contribution in [0.3, 0.4) is 0 Å². The highest BCUT2D eigenvalue weighted by Crippen LogP contribution is 2.37. The molecule has 7 nitrogen and oxygen atoms in total. The first-order valence-electron chi connectivity index (χ1n) is 8.84. The van der Waals surface area contributed by atoms with Crippen LogP contribution < -0.4 is 16.4 Å². The maximum Gasteiger partial charge on any atom is 0.160 e. The molecule has 0 radical (unpaired) electrons. The van der Waals surface area contributed by atoms with Gasteiger partial charge in [0.1, 0.15) is 0 Å². The van der Waals surface area contributed by atoms with Crippen molar-refractivity contribution in [3.8, 4) is 0 Å². The molecule has 0 amide bonds. The number of aromatic nitrogens is 4. The highest BCUT2D eigenvalue weighted by molar-refractivity contribution is 14.2. The van der Waals surface area contributed by atoms with Crippen LogP contribution in [0.2, 0.25) is 5.02 Å². The summed E-state index contributed by atoms with van der Waals surface area (Å²) in [6.07, 6.45) is 7.79. The summed E-state index contributed by atoms with van der Waals surface area (Å²) in [5, 5.41) is 18.2. The molecule has 4 aromatic rings. The van der Waals surface area contributed by atoms with Gasteiger partial charge in [-0.15, -0.1) is 5.10 Å². The highest BCUT2D eigenvalue weighted by Gasteiger charge is 2.16. The summed E-state index contributed by atoms with van der Waals surface area (Å²) in [6.45, 7) is 0. The van der Waals surface area contributed by atoms with Crippen LogP contribution in [-0.2, 0) is 0 Å². The number of nitrogens with one attached hydrogen (secondary N) is 2. The zero-order valence-electron chi connectivity index (χ0n) is 15.0. The van der Waals surface area contributed by atoms with Crippen molar-refractivity contribution in [2.75, 3.05) is 5.32 Å². The van der Waals surface area contributed by atoms with Gasteiger partial charge in [0.15, 0.2) is 5.82 Å². The van der Waals surface area contributed by atoms with Gasteiger partial charge in [0.2, 0.25) is 0 Å². The lowest BCUT2D eigenvalue weighted by molar-refractivity contribution is 0.721. The van der Waals surface area contributed by atoms with Gasteiger partial charge in [-0.1, -0.05) is 23.7 Å². The van der Waals surface area contributed by atoms with E-state index >= 15 is 0 Å². The summed E-state index contributed by atoms with van der Waals surface area (Å²) < 4.78 is 3.82. The van der Waals surface area contributed by atoms with Crippen LogP contribution in [0.1, 0.15) is 0 Å². The molecular weight excluding hydrogens is 520 g/mol. The van der Waals surface area contributed by atoms with Crippen molar-refractivity contribution in [3.05, 3.63) is 66.0 Å². The quantitative estimate of drug-likeness (QED) is 0.258. The molecule has 2 atom stereocenters. The van der Waals surface area contributed by atoms with Crippen molar-refractivity contribution in [1.82, 2.24) is 24.6 Å². The van der Waals surface area contributed by atoms with Gasteiger partial charge in [0.05, 0.1) is 46.2 Å². The second-order valence-corrected chi connectivity index (χ2v) is 8.94. The number of para-hydroxylation sites is 1. The van der Waals surface area contributed by atoms with Gasteiger partial charge in [-0.25, -0.2) is 9.13 Å². The third-order valence-electron chi connectivity index (χ3n) is 4.75. The van der Waals surface area contributed by atoms with Crippen molar-refractivity contribution >= 4 is 79.0 Å². The normalized spacial score (nSPS) is 16.7. The second kappa shape index (κ2) is 7.60. The molecule has 0 bridgehead atoms. The lowest BCUT2D eigenvalue weighted by Gasteiger charge is -2.15. The molecule has 2 aromatic heterocycles. The van der Waals surface area contributed by atoms with Gasteiger partial charge in [-0.2, -0.15) is 5.10 Å². The fraction of sp³-hybridized carbons (Fsp3) is 0.0526. The third kappa shape index (κ3) is 3.30. The van der Waals surface area contributed by atoms with Gasteiger partial charge < -0.3 is 16.4 Å². The largest absolute Gasteiger partial charge is 0.373 e. The first kappa shape index (κ1) is 18.9. The zero-order chi connectivity index (χ0) is 20.0. The van der Waals surface area contributed by atoms with Gasteiger partial charge >= 0.3 is 0 Å². The Morgan fingerprint density at radius 3 is 2.86 bits per heavy atom. The first-order valence-corrected chi connectivity index (χ1v) is 13.3. The fourth-order valence-electron chi connectivity index (χ4n) is 3.39. The molecule has 3 heterocycles. The maximum absolute atomic E-state index is 6.69. The predicted molar refractivity (Wildman–Crippen MR) is 130 cm³/mol. The van der Waals surface area contributed by atoms with E-state index in [0.29, 0.717) is 11.4 Å². The zero-order valence-corrected chi connectivity index (χ0v) is 18.9. The number of nitrogens with two attached hydrogens (primary N) is 1. The van der Waals surface area contributed by atoms with Crippen LogP contribution in [0, 0.1) is 0 Å². The fourth-order valence-corrected chi connectivity index (χ4v) is 5.18. The monoisotopic (exact) mass is 535 g/mol. The van der Waals surface area contributed by atoms with E-state index in [4.69, 9.17) is 22.4 Å². The van der Waals surface area contributed by atoms with Crippen molar-refractivity contribution < 1.29 is 0 Å². The van der Waals surface area contributed by atoms with Gasteiger partial charge in [0, 0.05) is 17.0 Å². The number of nitrogens with zero attached hydrogens (tertiary/aromatic N) is 4. The van der Waals surface area contributed by atoms with Crippen LogP contribution >= 0.6 is 40.0 Å². The molecule has 4 N–H and O–H groups in total. The number of anilines is 2. The number of hydrogen-bond acceptors (Lipinski definition) is 5. The minimum absolute atomic E-state index is 0.249. The lowest BCUT2D eigenvalue weighted by Crippen LogP contribution is -2.33. The first-order chi connectivity index (χ1) is 14.2. The number of rotatable bonds is 4. The number of fused-ring (bicyclic) bond motifs is 2. The molecule has 29 heavy (non-hydrogen) atoms. The Morgan fingerprint density at radius 2 is 2.03 bits per heavy atom.